The van der Waals surface area contributed by atoms with E-state index in [-0.39, 0.29) is 10.0 Å². The van der Waals surface area contributed by atoms with E-state index in [0.717, 1.165) is 0 Å². The van der Waals surface area contributed by atoms with Crippen LogP contribution in [0.15, 0.2) is 36.4 Å². The van der Waals surface area contributed by atoms with Crippen LogP contribution >= 0.6 is 46.4 Å². The molecule has 0 spiro atoms. The second-order valence-corrected chi connectivity index (χ2v) is 5.35. The van der Waals surface area contributed by atoms with Gasteiger partial charge < -0.3 is 10.6 Å². The smallest absolute Gasteiger partial charge is 0.306 e. The maximum absolute atomic E-state index is 11.9. The Morgan fingerprint density at radius 1 is 0.750 bits per heavy atom. The van der Waals surface area contributed by atoms with E-state index in [1.54, 1.807) is 36.4 Å². The lowest BCUT2D eigenvalue weighted by atomic mass is 10.3. The summed E-state index contributed by atoms with van der Waals surface area (Å²) in [7, 11) is 0. The van der Waals surface area contributed by atoms with Crippen LogP contribution in [0.1, 0.15) is 0 Å². The molecule has 0 aliphatic heterocycles. The van der Waals surface area contributed by atoms with Gasteiger partial charge in [0.2, 0.25) is 0 Å². The summed E-state index contributed by atoms with van der Waals surface area (Å²) in [5.74, 6) is 0. The average Bonchev–Trinajstić information content (AvgIpc) is 2.40. The normalized spacial score (nSPS) is 10.2. The Balaban J connectivity index is 2.13. The van der Waals surface area contributed by atoms with E-state index in [9.17, 15) is 4.79 Å². The zero-order chi connectivity index (χ0) is 14.7. The zero-order valence-electron chi connectivity index (χ0n) is 9.88. The highest BCUT2D eigenvalue weighted by Crippen LogP contribution is 2.31. The summed E-state index contributed by atoms with van der Waals surface area (Å²) < 4.78 is 0. The molecule has 0 saturated carbocycles. The Morgan fingerprint density at radius 3 is 1.55 bits per heavy atom. The van der Waals surface area contributed by atoms with Gasteiger partial charge in [0.05, 0.1) is 31.5 Å². The summed E-state index contributed by atoms with van der Waals surface area (Å²) in [5, 5.41) is 6.39. The van der Waals surface area contributed by atoms with Gasteiger partial charge in [-0.05, 0) is 24.3 Å². The van der Waals surface area contributed by atoms with Gasteiger partial charge >= 0.3 is 6.03 Å². The summed E-state index contributed by atoms with van der Waals surface area (Å²) in [6.45, 7) is 0. The van der Waals surface area contributed by atoms with E-state index in [2.05, 4.69) is 10.6 Å². The predicted molar refractivity (Wildman–Crippen MR) is 85.6 cm³/mol. The van der Waals surface area contributed by atoms with Crippen LogP contribution in [0.25, 0.3) is 0 Å². The van der Waals surface area contributed by atoms with Gasteiger partial charge in [-0.2, -0.15) is 0 Å². The van der Waals surface area contributed by atoms with Gasteiger partial charge in [0.25, 0.3) is 0 Å². The molecule has 0 fully saturated rings. The molecule has 0 saturated heterocycles. The highest BCUT2D eigenvalue weighted by atomic mass is 35.5. The molecule has 0 atom stereocenters. The van der Waals surface area contributed by atoms with Crippen LogP contribution in [0.4, 0.5) is 16.2 Å². The third kappa shape index (κ3) is 3.49. The number of halogens is 4. The number of anilines is 2. The van der Waals surface area contributed by atoms with Crippen LogP contribution in [-0.4, -0.2) is 6.03 Å². The van der Waals surface area contributed by atoms with Gasteiger partial charge in [-0.1, -0.05) is 58.5 Å². The Labute approximate surface area is 135 Å². The molecule has 0 aliphatic carbocycles. The quantitative estimate of drug-likeness (QED) is 0.691. The maximum atomic E-state index is 11.9. The minimum atomic E-state index is -0.502. The van der Waals surface area contributed by atoms with Gasteiger partial charge in [-0.3, -0.25) is 0 Å². The van der Waals surface area contributed by atoms with Crippen molar-refractivity contribution in [3.05, 3.63) is 56.5 Å². The molecule has 7 heteroatoms. The molecule has 0 heterocycles. The van der Waals surface area contributed by atoms with E-state index >= 15 is 0 Å². The van der Waals surface area contributed by atoms with E-state index in [1.807, 2.05) is 0 Å². The zero-order valence-corrected chi connectivity index (χ0v) is 12.9. The number of hydrogen-bond acceptors (Lipinski definition) is 1. The molecule has 0 radical (unpaired) electrons. The average molecular weight is 350 g/mol. The van der Waals surface area contributed by atoms with Crippen molar-refractivity contribution < 1.29 is 4.79 Å². The highest BCUT2D eigenvalue weighted by molar-refractivity contribution is 6.44. The van der Waals surface area contributed by atoms with E-state index < -0.39 is 6.03 Å². The number of rotatable bonds is 2. The minimum Gasteiger partial charge on any atom is -0.306 e. The molecule has 0 bridgehead atoms. The van der Waals surface area contributed by atoms with Gasteiger partial charge in [-0.25, -0.2) is 4.79 Å². The van der Waals surface area contributed by atoms with Crippen LogP contribution in [0.3, 0.4) is 0 Å². The van der Waals surface area contributed by atoms with Crippen LogP contribution in [0.5, 0.6) is 0 Å². The fourth-order valence-corrected chi connectivity index (χ4v) is 2.17. The molecular weight excluding hydrogens is 342 g/mol. The summed E-state index contributed by atoms with van der Waals surface area (Å²) in [4.78, 5) is 11.9. The first kappa shape index (κ1) is 15.3. The Kier molecular flexibility index (Phi) is 5.00. The standard InChI is InChI=1S/C13H8Cl4N2O/c14-7-3-1-5-9(11(7)16)18-13(20)19-10-6-2-4-8(15)12(10)17/h1-6H,(H2,18,19,20). The number of carbonyl (C=O) groups excluding carboxylic acids is 1. The summed E-state index contributed by atoms with van der Waals surface area (Å²) in [5.41, 5.74) is 0.796. The number of urea groups is 1. The highest BCUT2D eigenvalue weighted by Gasteiger charge is 2.10. The first-order valence-corrected chi connectivity index (χ1v) is 6.96. The molecule has 2 amide bonds. The molecule has 2 aromatic carbocycles. The van der Waals surface area contributed by atoms with Crippen LogP contribution in [0, 0.1) is 0 Å². The van der Waals surface area contributed by atoms with Gasteiger partial charge in [0.1, 0.15) is 0 Å². The first-order valence-electron chi connectivity index (χ1n) is 5.45. The third-order valence-corrected chi connectivity index (χ3v) is 4.04. The van der Waals surface area contributed by atoms with Crippen molar-refractivity contribution >= 4 is 63.8 Å². The SMILES string of the molecule is O=C(Nc1cccc(Cl)c1Cl)Nc1cccc(Cl)c1Cl. The summed E-state index contributed by atoms with van der Waals surface area (Å²) >= 11 is 23.7. The number of benzene rings is 2. The molecule has 20 heavy (non-hydrogen) atoms. The van der Waals surface area contributed by atoms with Crippen LogP contribution < -0.4 is 10.6 Å². The monoisotopic (exact) mass is 348 g/mol. The van der Waals surface area contributed by atoms with E-state index in [0.29, 0.717) is 21.4 Å². The molecular formula is C13H8Cl4N2O. The van der Waals surface area contributed by atoms with Crippen LogP contribution in [0.2, 0.25) is 20.1 Å². The number of amides is 2. The molecule has 104 valence electrons. The summed E-state index contributed by atoms with van der Waals surface area (Å²) in [6, 6.07) is 9.37. The van der Waals surface area contributed by atoms with Crippen molar-refractivity contribution in [3.8, 4) is 0 Å². The van der Waals surface area contributed by atoms with Crippen molar-refractivity contribution in [2.75, 3.05) is 10.6 Å². The number of hydrogen-bond donors (Lipinski definition) is 2. The lowest BCUT2D eigenvalue weighted by molar-refractivity contribution is 0.262. The first-order chi connectivity index (χ1) is 9.49. The minimum absolute atomic E-state index is 0.265. The Morgan fingerprint density at radius 2 is 1.15 bits per heavy atom. The number of carbonyl (C=O) groups is 1. The largest absolute Gasteiger partial charge is 0.323 e. The second-order valence-electron chi connectivity index (χ2n) is 3.78. The predicted octanol–water partition coefficient (Wildman–Crippen LogP) is 5.94. The lowest BCUT2D eigenvalue weighted by Gasteiger charge is -2.11. The molecule has 0 aromatic heterocycles. The fourth-order valence-electron chi connectivity index (χ4n) is 1.48. The van der Waals surface area contributed by atoms with Crippen molar-refractivity contribution in [1.82, 2.24) is 0 Å². The van der Waals surface area contributed by atoms with Crippen molar-refractivity contribution in [3.63, 3.8) is 0 Å². The van der Waals surface area contributed by atoms with Gasteiger partial charge in [-0.15, -0.1) is 0 Å². The van der Waals surface area contributed by atoms with Crippen molar-refractivity contribution in [2.24, 2.45) is 0 Å². The molecule has 2 aromatic rings. The van der Waals surface area contributed by atoms with Gasteiger partial charge in [0, 0.05) is 0 Å². The van der Waals surface area contributed by atoms with Crippen molar-refractivity contribution in [1.29, 1.82) is 0 Å². The van der Waals surface area contributed by atoms with Gasteiger partial charge in [0.15, 0.2) is 0 Å². The third-order valence-electron chi connectivity index (χ3n) is 2.40. The lowest BCUT2D eigenvalue weighted by Crippen LogP contribution is -2.19. The van der Waals surface area contributed by atoms with E-state index in [1.165, 1.54) is 0 Å². The van der Waals surface area contributed by atoms with Crippen molar-refractivity contribution in [2.45, 2.75) is 0 Å². The number of nitrogens with one attached hydrogen (secondary N) is 2. The second kappa shape index (κ2) is 6.55. The van der Waals surface area contributed by atoms with E-state index in [4.69, 9.17) is 46.4 Å². The topological polar surface area (TPSA) is 41.1 Å². The molecule has 0 unspecified atom stereocenters. The Hall–Kier alpha value is -1.13. The maximum Gasteiger partial charge on any atom is 0.323 e. The van der Waals surface area contributed by atoms with Crippen LogP contribution in [-0.2, 0) is 0 Å². The molecule has 2 rings (SSSR count). The Bertz CT molecular complexity index is 605. The summed E-state index contributed by atoms with van der Waals surface area (Å²) in [6.07, 6.45) is 0. The molecule has 0 aliphatic rings. The fraction of sp³-hybridized carbons (Fsp3) is 0. The molecule has 2 N–H and O–H groups in total. The molecule has 3 nitrogen and oxygen atoms in total.